The third-order valence-electron chi connectivity index (χ3n) is 1.76. The molecule has 0 saturated heterocycles. The van der Waals surface area contributed by atoms with Crippen molar-refractivity contribution in [1.29, 1.82) is 5.26 Å². The monoisotopic (exact) mass is 208 g/mol. The summed E-state index contributed by atoms with van der Waals surface area (Å²) in [5, 5.41) is 8.32. The first-order valence-electron chi connectivity index (χ1n) is 4.35. The molecule has 1 unspecified atom stereocenters. The smallest absolute Gasteiger partial charge is 0.0622 e. The van der Waals surface area contributed by atoms with Crippen LogP contribution in [0.25, 0.3) is 0 Å². The summed E-state index contributed by atoms with van der Waals surface area (Å²) in [6, 6.07) is 9.02. The molecule has 0 bridgehead atoms. The fraction of sp³-hybridized carbons (Fsp3) is 0.300. The zero-order valence-electron chi connectivity index (χ0n) is 7.77. The molecule has 0 aliphatic carbocycles. The van der Waals surface area contributed by atoms with Crippen LogP contribution in [-0.4, -0.2) is 9.96 Å². The number of rotatable bonds is 4. The van der Waals surface area contributed by atoms with E-state index >= 15 is 0 Å². The van der Waals surface area contributed by atoms with Crippen LogP contribution >= 0.6 is 0 Å². The van der Waals surface area contributed by atoms with Gasteiger partial charge in [-0.05, 0) is 30.7 Å². The minimum Gasteiger partial charge on any atom is -0.399 e. The van der Waals surface area contributed by atoms with Crippen molar-refractivity contribution in [1.82, 2.24) is 0 Å². The Labute approximate surface area is 86.0 Å². The maximum atomic E-state index is 11.6. The summed E-state index contributed by atoms with van der Waals surface area (Å²) in [6.45, 7) is 0. The lowest BCUT2D eigenvalue weighted by Crippen LogP contribution is -1.98. The van der Waals surface area contributed by atoms with Gasteiger partial charge in [0.05, 0.1) is 16.9 Å². The third kappa shape index (κ3) is 3.19. The van der Waals surface area contributed by atoms with E-state index in [1.54, 1.807) is 24.3 Å². The van der Waals surface area contributed by atoms with Gasteiger partial charge in [-0.15, -0.1) is 0 Å². The lowest BCUT2D eigenvalue weighted by Gasteiger charge is -2.00. The highest BCUT2D eigenvalue weighted by Crippen LogP contribution is 2.10. The molecule has 2 N–H and O–H groups in total. The molecule has 1 atom stereocenters. The average molecular weight is 208 g/mol. The van der Waals surface area contributed by atoms with Gasteiger partial charge in [0, 0.05) is 22.8 Å². The van der Waals surface area contributed by atoms with Crippen molar-refractivity contribution in [2.75, 3.05) is 11.5 Å². The van der Waals surface area contributed by atoms with Crippen LogP contribution in [0.15, 0.2) is 29.2 Å². The summed E-state index contributed by atoms with van der Waals surface area (Å²) in [4.78, 5) is 0.775. The number of unbranched alkanes of at least 4 members (excludes halogenated alkanes) is 1. The fourth-order valence-corrected chi connectivity index (χ4v) is 2.10. The standard InChI is InChI=1S/C10H12N2OS/c11-7-1-2-8-14(13)10-5-3-9(12)4-6-10/h3-6H,1-2,8,12H2. The number of nitrogen functional groups attached to an aromatic ring is 1. The lowest BCUT2D eigenvalue weighted by molar-refractivity contribution is 0.681. The Hall–Kier alpha value is -1.34. The van der Waals surface area contributed by atoms with Crippen molar-refractivity contribution in [3.05, 3.63) is 24.3 Å². The number of hydrogen-bond acceptors (Lipinski definition) is 3. The molecular formula is C10H12N2OS. The number of nitrogens with zero attached hydrogens (tertiary/aromatic N) is 1. The van der Waals surface area contributed by atoms with Gasteiger partial charge in [0.2, 0.25) is 0 Å². The molecule has 4 heteroatoms. The van der Waals surface area contributed by atoms with Gasteiger partial charge in [-0.2, -0.15) is 5.26 Å². The SMILES string of the molecule is N#CCCCS(=O)c1ccc(N)cc1. The first-order valence-corrected chi connectivity index (χ1v) is 5.67. The van der Waals surface area contributed by atoms with E-state index in [4.69, 9.17) is 11.0 Å². The molecule has 0 aliphatic heterocycles. The Kier molecular flexibility index (Phi) is 4.14. The Balaban J connectivity index is 2.53. The van der Waals surface area contributed by atoms with Gasteiger partial charge in [-0.1, -0.05) is 0 Å². The summed E-state index contributed by atoms with van der Waals surface area (Å²) in [6.07, 6.45) is 1.13. The second kappa shape index (κ2) is 5.40. The highest BCUT2D eigenvalue weighted by Gasteiger charge is 2.02. The van der Waals surface area contributed by atoms with Crippen molar-refractivity contribution in [3.63, 3.8) is 0 Å². The molecule has 0 amide bonds. The highest BCUT2D eigenvalue weighted by molar-refractivity contribution is 7.85. The Morgan fingerprint density at radius 1 is 1.36 bits per heavy atom. The molecule has 0 heterocycles. The van der Waals surface area contributed by atoms with Crippen LogP contribution in [-0.2, 0) is 10.8 Å². The van der Waals surface area contributed by atoms with Crippen molar-refractivity contribution < 1.29 is 4.21 Å². The third-order valence-corrected chi connectivity index (χ3v) is 3.22. The number of anilines is 1. The summed E-state index contributed by atoms with van der Waals surface area (Å²) in [5.74, 6) is 0.539. The molecule has 0 spiro atoms. The number of benzene rings is 1. The minimum atomic E-state index is -1.000. The van der Waals surface area contributed by atoms with E-state index in [1.165, 1.54) is 0 Å². The largest absolute Gasteiger partial charge is 0.399 e. The van der Waals surface area contributed by atoms with E-state index in [0.29, 0.717) is 24.3 Å². The predicted octanol–water partition coefficient (Wildman–Crippen LogP) is 1.68. The maximum absolute atomic E-state index is 11.6. The normalized spacial score (nSPS) is 11.9. The highest BCUT2D eigenvalue weighted by atomic mass is 32.2. The molecule has 0 aromatic heterocycles. The van der Waals surface area contributed by atoms with Crippen molar-refractivity contribution in [2.45, 2.75) is 17.7 Å². The first-order chi connectivity index (χ1) is 6.74. The zero-order valence-corrected chi connectivity index (χ0v) is 8.59. The summed E-state index contributed by atoms with van der Waals surface area (Å²) in [5.41, 5.74) is 6.18. The van der Waals surface area contributed by atoms with Crippen LogP contribution in [0.2, 0.25) is 0 Å². The molecule has 0 radical (unpaired) electrons. The molecule has 1 aromatic rings. The second-order valence-corrected chi connectivity index (χ2v) is 4.45. The Morgan fingerprint density at radius 3 is 2.57 bits per heavy atom. The number of nitrogens with two attached hydrogens (primary N) is 1. The predicted molar refractivity (Wildman–Crippen MR) is 57.0 cm³/mol. The summed E-state index contributed by atoms with van der Waals surface area (Å²) in [7, 11) is -1.000. The van der Waals surface area contributed by atoms with E-state index in [0.717, 1.165) is 4.90 Å². The summed E-state index contributed by atoms with van der Waals surface area (Å²) < 4.78 is 11.6. The molecule has 0 aliphatic rings. The number of hydrogen-bond donors (Lipinski definition) is 1. The quantitative estimate of drug-likeness (QED) is 0.604. The van der Waals surface area contributed by atoms with E-state index in [2.05, 4.69) is 0 Å². The molecule has 0 saturated carbocycles. The molecule has 0 fully saturated rings. The lowest BCUT2D eigenvalue weighted by atomic mass is 10.3. The van der Waals surface area contributed by atoms with Gasteiger partial charge in [0.25, 0.3) is 0 Å². The molecule has 14 heavy (non-hydrogen) atoms. The van der Waals surface area contributed by atoms with Gasteiger partial charge in [0.1, 0.15) is 0 Å². The number of nitriles is 1. The molecule has 74 valence electrons. The van der Waals surface area contributed by atoms with Crippen molar-refractivity contribution in [2.24, 2.45) is 0 Å². The van der Waals surface area contributed by atoms with Crippen molar-refractivity contribution in [3.8, 4) is 6.07 Å². The van der Waals surface area contributed by atoms with Gasteiger partial charge in [-0.3, -0.25) is 4.21 Å². The minimum absolute atomic E-state index is 0.459. The molecule has 1 rings (SSSR count). The van der Waals surface area contributed by atoms with E-state index < -0.39 is 10.8 Å². The zero-order chi connectivity index (χ0) is 10.4. The van der Waals surface area contributed by atoms with Gasteiger partial charge < -0.3 is 5.73 Å². The van der Waals surface area contributed by atoms with Crippen LogP contribution in [0, 0.1) is 11.3 Å². The second-order valence-electron chi connectivity index (χ2n) is 2.88. The molecular weight excluding hydrogens is 196 g/mol. The van der Waals surface area contributed by atoms with Crippen LogP contribution in [0.4, 0.5) is 5.69 Å². The Morgan fingerprint density at radius 2 is 2.00 bits per heavy atom. The van der Waals surface area contributed by atoms with Crippen LogP contribution in [0.1, 0.15) is 12.8 Å². The van der Waals surface area contributed by atoms with Crippen LogP contribution in [0.5, 0.6) is 0 Å². The molecule has 1 aromatic carbocycles. The van der Waals surface area contributed by atoms with Crippen molar-refractivity contribution >= 4 is 16.5 Å². The van der Waals surface area contributed by atoms with E-state index in [9.17, 15) is 4.21 Å². The van der Waals surface area contributed by atoms with Crippen LogP contribution in [0.3, 0.4) is 0 Å². The van der Waals surface area contributed by atoms with Gasteiger partial charge in [0.15, 0.2) is 0 Å². The van der Waals surface area contributed by atoms with Crippen LogP contribution < -0.4 is 5.73 Å². The first kappa shape index (κ1) is 10.7. The fourth-order valence-electron chi connectivity index (χ4n) is 1.02. The summed E-state index contributed by atoms with van der Waals surface area (Å²) >= 11 is 0. The molecule has 3 nitrogen and oxygen atoms in total. The average Bonchev–Trinajstić information content (AvgIpc) is 2.19. The van der Waals surface area contributed by atoms with Gasteiger partial charge in [-0.25, -0.2) is 0 Å². The van der Waals surface area contributed by atoms with E-state index in [1.807, 2.05) is 6.07 Å². The Bertz CT molecular complexity index is 353. The van der Waals surface area contributed by atoms with E-state index in [-0.39, 0.29) is 0 Å². The van der Waals surface area contributed by atoms with Gasteiger partial charge >= 0.3 is 0 Å². The topological polar surface area (TPSA) is 66.9 Å². The maximum Gasteiger partial charge on any atom is 0.0622 e.